The van der Waals surface area contributed by atoms with Gasteiger partial charge in [0, 0.05) is 37.2 Å². The Hall–Kier alpha value is -0.570. The van der Waals surface area contributed by atoms with Crippen LogP contribution in [0.5, 0.6) is 0 Å². The summed E-state index contributed by atoms with van der Waals surface area (Å²) in [6, 6.07) is 6.84. The number of hydrogen-bond acceptors (Lipinski definition) is 2. The summed E-state index contributed by atoms with van der Waals surface area (Å²) >= 11 is 6.23. The van der Waals surface area contributed by atoms with E-state index < -0.39 is 0 Å². The lowest BCUT2D eigenvalue weighted by atomic mass is 9.91. The van der Waals surface area contributed by atoms with Gasteiger partial charge >= 0.3 is 0 Å². The summed E-state index contributed by atoms with van der Waals surface area (Å²) in [7, 11) is 0. The molecule has 1 N–H and O–H groups in total. The SMILES string of the molecule is Clc1cccc2c1CCN1CCNC[C@H]21. The van der Waals surface area contributed by atoms with Crippen LogP contribution in [0.3, 0.4) is 0 Å². The zero-order valence-corrected chi connectivity index (χ0v) is 9.43. The Bertz CT molecular complexity index is 378. The van der Waals surface area contributed by atoms with Gasteiger partial charge in [-0.05, 0) is 23.6 Å². The molecule has 0 bridgehead atoms. The molecule has 15 heavy (non-hydrogen) atoms. The summed E-state index contributed by atoms with van der Waals surface area (Å²) in [5, 5.41) is 4.40. The van der Waals surface area contributed by atoms with Crippen molar-refractivity contribution in [1.29, 1.82) is 0 Å². The molecule has 3 rings (SSSR count). The van der Waals surface area contributed by atoms with Crippen molar-refractivity contribution in [3.63, 3.8) is 0 Å². The Morgan fingerprint density at radius 2 is 2.27 bits per heavy atom. The van der Waals surface area contributed by atoms with Gasteiger partial charge in [0.2, 0.25) is 0 Å². The average molecular weight is 223 g/mol. The van der Waals surface area contributed by atoms with Crippen LogP contribution in [-0.4, -0.2) is 31.1 Å². The summed E-state index contributed by atoms with van der Waals surface area (Å²) in [6.45, 7) is 4.50. The Labute approximate surface area is 95.2 Å². The van der Waals surface area contributed by atoms with Crippen molar-refractivity contribution in [2.24, 2.45) is 0 Å². The third-order valence-electron chi connectivity index (χ3n) is 3.52. The molecule has 0 amide bonds. The summed E-state index contributed by atoms with van der Waals surface area (Å²) in [5.41, 5.74) is 2.80. The second kappa shape index (κ2) is 3.78. The summed E-state index contributed by atoms with van der Waals surface area (Å²) in [4.78, 5) is 2.56. The van der Waals surface area contributed by atoms with Crippen LogP contribution in [0.1, 0.15) is 17.2 Å². The molecule has 1 fully saturated rings. The number of piperazine rings is 1. The van der Waals surface area contributed by atoms with E-state index in [-0.39, 0.29) is 0 Å². The standard InChI is InChI=1S/C12H15ClN2/c13-11-3-1-2-10-9(11)4-6-15-7-5-14-8-12(10)15/h1-3,12,14H,4-8H2/t12-/m1/s1. The van der Waals surface area contributed by atoms with Crippen molar-refractivity contribution in [3.8, 4) is 0 Å². The highest BCUT2D eigenvalue weighted by atomic mass is 35.5. The predicted octanol–water partition coefficient (Wildman–Crippen LogP) is 1.84. The van der Waals surface area contributed by atoms with E-state index in [9.17, 15) is 0 Å². The van der Waals surface area contributed by atoms with Crippen molar-refractivity contribution in [3.05, 3.63) is 34.3 Å². The number of hydrogen-bond donors (Lipinski definition) is 1. The van der Waals surface area contributed by atoms with E-state index in [1.807, 2.05) is 6.07 Å². The van der Waals surface area contributed by atoms with Crippen LogP contribution in [0.2, 0.25) is 5.02 Å². The highest BCUT2D eigenvalue weighted by Crippen LogP contribution is 2.33. The molecule has 0 unspecified atom stereocenters. The molecule has 0 aromatic heterocycles. The molecule has 2 aliphatic heterocycles. The zero-order valence-electron chi connectivity index (χ0n) is 8.67. The molecule has 3 heteroatoms. The van der Waals surface area contributed by atoms with Gasteiger partial charge in [-0.25, -0.2) is 0 Å². The van der Waals surface area contributed by atoms with Crippen molar-refractivity contribution in [2.75, 3.05) is 26.2 Å². The monoisotopic (exact) mass is 222 g/mol. The lowest BCUT2D eigenvalue weighted by molar-refractivity contribution is 0.152. The van der Waals surface area contributed by atoms with Gasteiger partial charge < -0.3 is 5.32 Å². The van der Waals surface area contributed by atoms with E-state index in [4.69, 9.17) is 11.6 Å². The molecule has 1 saturated heterocycles. The Balaban J connectivity index is 2.03. The van der Waals surface area contributed by atoms with Gasteiger partial charge in [0.05, 0.1) is 0 Å². The number of benzene rings is 1. The van der Waals surface area contributed by atoms with Crippen LogP contribution in [-0.2, 0) is 6.42 Å². The van der Waals surface area contributed by atoms with E-state index in [1.165, 1.54) is 11.1 Å². The Morgan fingerprint density at radius 1 is 1.33 bits per heavy atom. The van der Waals surface area contributed by atoms with Gasteiger partial charge in [0.1, 0.15) is 0 Å². The van der Waals surface area contributed by atoms with Crippen LogP contribution >= 0.6 is 11.6 Å². The Morgan fingerprint density at radius 3 is 3.20 bits per heavy atom. The highest BCUT2D eigenvalue weighted by molar-refractivity contribution is 6.31. The normalized spacial score (nSPS) is 25.8. The van der Waals surface area contributed by atoms with Crippen molar-refractivity contribution in [2.45, 2.75) is 12.5 Å². The number of halogens is 1. The first-order valence-electron chi connectivity index (χ1n) is 5.58. The quantitative estimate of drug-likeness (QED) is 0.721. The fourth-order valence-corrected chi connectivity index (χ4v) is 3.00. The van der Waals surface area contributed by atoms with Crippen molar-refractivity contribution in [1.82, 2.24) is 10.2 Å². The number of nitrogens with zero attached hydrogens (tertiary/aromatic N) is 1. The third kappa shape index (κ3) is 1.57. The molecule has 0 radical (unpaired) electrons. The van der Waals surface area contributed by atoms with Crippen molar-refractivity contribution < 1.29 is 0 Å². The maximum Gasteiger partial charge on any atom is 0.0476 e. The molecular weight excluding hydrogens is 208 g/mol. The van der Waals surface area contributed by atoms with Crippen molar-refractivity contribution >= 4 is 11.6 Å². The molecule has 1 aromatic carbocycles. The van der Waals surface area contributed by atoms with Gasteiger partial charge in [-0.15, -0.1) is 0 Å². The molecule has 1 atom stereocenters. The molecule has 1 aromatic rings. The first kappa shape index (κ1) is 9.64. The minimum Gasteiger partial charge on any atom is -0.314 e. The first-order chi connectivity index (χ1) is 7.36. The molecule has 2 aliphatic rings. The smallest absolute Gasteiger partial charge is 0.0476 e. The number of nitrogens with one attached hydrogen (secondary N) is 1. The molecule has 0 aliphatic carbocycles. The van der Waals surface area contributed by atoms with E-state index in [0.717, 1.165) is 37.6 Å². The first-order valence-corrected chi connectivity index (χ1v) is 5.96. The summed E-state index contributed by atoms with van der Waals surface area (Å²) < 4.78 is 0. The minimum atomic E-state index is 0.543. The maximum atomic E-state index is 6.23. The van der Waals surface area contributed by atoms with Crippen LogP contribution in [0.25, 0.3) is 0 Å². The van der Waals surface area contributed by atoms with E-state index in [1.54, 1.807) is 0 Å². The fraction of sp³-hybridized carbons (Fsp3) is 0.500. The molecule has 2 heterocycles. The largest absolute Gasteiger partial charge is 0.314 e. The number of fused-ring (bicyclic) bond motifs is 3. The fourth-order valence-electron chi connectivity index (χ4n) is 2.73. The van der Waals surface area contributed by atoms with Gasteiger partial charge in [-0.1, -0.05) is 23.7 Å². The van der Waals surface area contributed by atoms with Crippen LogP contribution in [0, 0.1) is 0 Å². The van der Waals surface area contributed by atoms with Gasteiger partial charge in [0.25, 0.3) is 0 Å². The molecule has 0 saturated carbocycles. The maximum absolute atomic E-state index is 6.23. The van der Waals surface area contributed by atoms with E-state index in [0.29, 0.717) is 6.04 Å². The predicted molar refractivity (Wildman–Crippen MR) is 62.3 cm³/mol. The third-order valence-corrected chi connectivity index (χ3v) is 3.87. The molecule has 2 nitrogen and oxygen atoms in total. The minimum absolute atomic E-state index is 0.543. The van der Waals surface area contributed by atoms with E-state index >= 15 is 0 Å². The van der Waals surface area contributed by atoms with Gasteiger partial charge in [-0.2, -0.15) is 0 Å². The van der Waals surface area contributed by atoms with Crippen LogP contribution in [0.4, 0.5) is 0 Å². The second-order valence-electron chi connectivity index (χ2n) is 4.31. The summed E-state index contributed by atoms with van der Waals surface area (Å²) in [5.74, 6) is 0. The Kier molecular flexibility index (Phi) is 2.43. The lowest BCUT2D eigenvalue weighted by Crippen LogP contribution is -2.48. The average Bonchev–Trinajstić information content (AvgIpc) is 2.29. The van der Waals surface area contributed by atoms with Gasteiger partial charge in [0.15, 0.2) is 0 Å². The summed E-state index contributed by atoms with van der Waals surface area (Å²) in [6.07, 6.45) is 1.10. The molecule has 80 valence electrons. The topological polar surface area (TPSA) is 15.3 Å². The molecular formula is C12H15ClN2. The van der Waals surface area contributed by atoms with E-state index in [2.05, 4.69) is 22.3 Å². The highest BCUT2D eigenvalue weighted by Gasteiger charge is 2.29. The van der Waals surface area contributed by atoms with Crippen LogP contribution < -0.4 is 5.32 Å². The second-order valence-corrected chi connectivity index (χ2v) is 4.72. The van der Waals surface area contributed by atoms with Crippen LogP contribution in [0.15, 0.2) is 18.2 Å². The number of rotatable bonds is 0. The zero-order chi connectivity index (χ0) is 10.3. The lowest BCUT2D eigenvalue weighted by Gasteiger charge is -2.41. The van der Waals surface area contributed by atoms with Gasteiger partial charge in [-0.3, -0.25) is 4.90 Å². The molecule has 0 spiro atoms.